The van der Waals surface area contributed by atoms with Crippen LogP contribution in [0, 0.1) is 5.92 Å². The molecule has 0 bridgehead atoms. The summed E-state index contributed by atoms with van der Waals surface area (Å²) in [5.41, 5.74) is 4.28. The first-order valence-electron chi connectivity index (χ1n) is 5.08. The van der Waals surface area contributed by atoms with Crippen molar-refractivity contribution in [3.05, 3.63) is 23.3 Å². The average Bonchev–Trinajstić information content (AvgIpc) is 2.43. The number of hydrogen-bond acceptors (Lipinski definition) is 1. The van der Waals surface area contributed by atoms with Gasteiger partial charge in [0, 0.05) is 12.5 Å². The van der Waals surface area contributed by atoms with Gasteiger partial charge in [-0.3, -0.25) is 0 Å². The molecule has 1 atom stereocenters. The third-order valence-corrected chi connectivity index (χ3v) is 2.83. The van der Waals surface area contributed by atoms with Gasteiger partial charge in [-0.25, -0.2) is 0 Å². The summed E-state index contributed by atoms with van der Waals surface area (Å²) in [7, 11) is 0. The van der Waals surface area contributed by atoms with Crippen molar-refractivity contribution in [3.63, 3.8) is 0 Å². The van der Waals surface area contributed by atoms with E-state index in [4.69, 9.17) is 4.74 Å². The molecule has 1 heteroatoms. The maximum absolute atomic E-state index is 5.47. The molecular formula is C12H20O. The molecule has 13 heavy (non-hydrogen) atoms. The van der Waals surface area contributed by atoms with Crippen LogP contribution in [0.2, 0.25) is 0 Å². The molecule has 0 N–H and O–H groups in total. The first kappa shape index (κ1) is 10.5. The Morgan fingerprint density at radius 1 is 1.62 bits per heavy atom. The normalized spacial score (nSPS) is 22.5. The molecule has 1 unspecified atom stereocenters. The molecule has 1 rings (SSSR count). The fraction of sp³-hybridized carbons (Fsp3) is 0.667. The van der Waals surface area contributed by atoms with Gasteiger partial charge in [0.1, 0.15) is 0 Å². The molecule has 1 nitrogen and oxygen atoms in total. The van der Waals surface area contributed by atoms with Crippen LogP contribution < -0.4 is 0 Å². The van der Waals surface area contributed by atoms with Crippen LogP contribution in [0.5, 0.6) is 0 Å². The number of allylic oxidation sites excluding steroid dienone is 2. The van der Waals surface area contributed by atoms with Gasteiger partial charge in [-0.2, -0.15) is 0 Å². The second kappa shape index (κ2) is 4.61. The van der Waals surface area contributed by atoms with Crippen molar-refractivity contribution in [3.8, 4) is 0 Å². The van der Waals surface area contributed by atoms with Gasteiger partial charge in [0.05, 0.1) is 6.61 Å². The van der Waals surface area contributed by atoms with Crippen molar-refractivity contribution in [2.45, 2.75) is 33.6 Å². The van der Waals surface area contributed by atoms with Gasteiger partial charge >= 0.3 is 0 Å². The van der Waals surface area contributed by atoms with Gasteiger partial charge in [-0.05, 0) is 39.2 Å². The van der Waals surface area contributed by atoms with Crippen LogP contribution in [0.4, 0.5) is 0 Å². The molecule has 1 aliphatic rings. The third-order valence-electron chi connectivity index (χ3n) is 2.83. The summed E-state index contributed by atoms with van der Waals surface area (Å²) < 4.78 is 5.47. The molecule has 1 aliphatic carbocycles. The van der Waals surface area contributed by atoms with Gasteiger partial charge in [-0.15, -0.1) is 0 Å². The maximum Gasteiger partial charge on any atom is 0.0685 e. The highest BCUT2D eigenvalue weighted by Crippen LogP contribution is 2.35. The van der Waals surface area contributed by atoms with Crippen molar-refractivity contribution in [2.24, 2.45) is 5.92 Å². The predicted octanol–water partition coefficient (Wildman–Crippen LogP) is 3.33. The van der Waals surface area contributed by atoms with E-state index in [9.17, 15) is 0 Å². The molecule has 0 radical (unpaired) electrons. The fourth-order valence-electron chi connectivity index (χ4n) is 1.97. The minimum atomic E-state index is 0.589. The summed E-state index contributed by atoms with van der Waals surface area (Å²) in [5.74, 6) is 0.589. The minimum Gasteiger partial charge on any atom is -0.377 e. The quantitative estimate of drug-likeness (QED) is 0.603. The maximum atomic E-state index is 5.47. The molecule has 0 aromatic heterocycles. The molecule has 0 saturated carbocycles. The van der Waals surface area contributed by atoms with Crippen LogP contribution in [-0.2, 0) is 4.74 Å². The van der Waals surface area contributed by atoms with Crippen molar-refractivity contribution < 1.29 is 4.74 Å². The molecule has 0 fully saturated rings. The number of ether oxygens (including phenoxy) is 1. The summed E-state index contributed by atoms with van der Waals surface area (Å²) in [6.45, 7) is 12.0. The molecule has 0 aliphatic heterocycles. The smallest absolute Gasteiger partial charge is 0.0685 e. The minimum absolute atomic E-state index is 0.589. The van der Waals surface area contributed by atoms with E-state index in [1.165, 1.54) is 29.6 Å². The zero-order valence-electron chi connectivity index (χ0n) is 9.02. The third kappa shape index (κ3) is 2.44. The zero-order chi connectivity index (χ0) is 9.84. The Hall–Kier alpha value is -0.560. The Morgan fingerprint density at radius 3 is 2.85 bits per heavy atom. The summed E-state index contributed by atoms with van der Waals surface area (Å²) in [5, 5.41) is 0. The van der Waals surface area contributed by atoms with Gasteiger partial charge in [-0.1, -0.05) is 17.7 Å². The first-order chi connectivity index (χ1) is 6.16. The van der Waals surface area contributed by atoms with E-state index in [0.29, 0.717) is 5.92 Å². The van der Waals surface area contributed by atoms with Gasteiger partial charge in [0.25, 0.3) is 0 Å². The lowest BCUT2D eigenvalue weighted by atomic mass is 9.95. The van der Waals surface area contributed by atoms with E-state index in [0.717, 1.165) is 13.2 Å². The van der Waals surface area contributed by atoms with Crippen LogP contribution in [0.3, 0.4) is 0 Å². The standard InChI is InChI=1S/C12H20O/c1-5-13-8-12-10(4)6-7-11(12)9(2)3/h11H,2,5-8H2,1,3-4H3. The molecule has 0 aromatic rings. The largest absolute Gasteiger partial charge is 0.377 e. The number of rotatable bonds is 4. The Balaban J connectivity index is 2.64. The molecule has 0 spiro atoms. The Morgan fingerprint density at radius 2 is 2.31 bits per heavy atom. The van der Waals surface area contributed by atoms with E-state index >= 15 is 0 Å². The molecule has 0 amide bonds. The Kier molecular flexibility index (Phi) is 3.73. The van der Waals surface area contributed by atoms with Crippen LogP contribution >= 0.6 is 0 Å². The lowest BCUT2D eigenvalue weighted by Gasteiger charge is -2.15. The number of hydrogen-bond donors (Lipinski definition) is 0. The van der Waals surface area contributed by atoms with E-state index in [1.807, 2.05) is 6.92 Å². The summed E-state index contributed by atoms with van der Waals surface area (Å²) in [4.78, 5) is 0. The second-order valence-electron chi connectivity index (χ2n) is 3.88. The topological polar surface area (TPSA) is 9.23 Å². The van der Waals surface area contributed by atoms with Crippen molar-refractivity contribution in [1.82, 2.24) is 0 Å². The second-order valence-corrected chi connectivity index (χ2v) is 3.88. The molecule has 0 heterocycles. The van der Waals surface area contributed by atoms with E-state index in [-0.39, 0.29) is 0 Å². The van der Waals surface area contributed by atoms with E-state index in [2.05, 4.69) is 20.4 Å². The molecule has 0 saturated heterocycles. The highest BCUT2D eigenvalue weighted by atomic mass is 16.5. The summed E-state index contributed by atoms with van der Waals surface area (Å²) >= 11 is 0. The van der Waals surface area contributed by atoms with Crippen molar-refractivity contribution in [2.75, 3.05) is 13.2 Å². The summed E-state index contributed by atoms with van der Waals surface area (Å²) in [6, 6.07) is 0. The van der Waals surface area contributed by atoms with Crippen LogP contribution in [0.1, 0.15) is 33.6 Å². The van der Waals surface area contributed by atoms with Gasteiger partial charge in [0.15, 0.2) is 0 Å². The first-order valence-corrected chi connectivity index (χ1v) is 5.08. The lowest BCUT2D eigenvalue weighted by molar-refractivity contribution is 0.166. The predicted molar refractivity (Wildman–Crippen MR) is 56.7 cm³/mol. The highest BCUT2D eigenvalue weighted by molar-refractivity contribution is 5.28. The van der Waals surface area contributed by atoms with Crippen LogP contribution in [0.25, 0.3) is 0 Å². The Labute approximate surface area is 81.5 Å². The van der Waals surface area contributed by atoms with E-state index < -0.39 is 0 Å². The summed E-state index contributed by atoms with van der Waals surface area (Å²) in [6.07, 6.45) is 2.46. The molecule has 0 aromatic carbocycles. The lowest BCUT2D eigenvalue weighted by Crippen LogP contribution is -2.07. The molecular weight excluding hydrogens is 160 g/mol. The van der Waals surface area contributed by atoms with Gasteiger partial charge < -0.3 is 4.74 Å². The highest BCUT2D eigenvalue weighted by Gasteiger charge is 2.23. The van der Waals surface area contributed by atoms with Gasteiger partial charge in [0.2, 0.25) is 0 Å². The fourth-order valence-corrected chi connectivity index (χ4v) is 1.97. The molecule has 74 valence electrons. The van der Waals surface area contributed by atoms with E-state index in [1.54, 1.807) is 0 Å². The van der Waals surface area contributed by atoms with Crippen LogP contribution in [-0.4, -0.2) is 13.2 Å². The Bertz CT molecular complexity index is 225. The zero-order valence-corrected chi connectivity index (χ0v) is 9.02. The SMILES string of the molecule is C=C(C)C1CCC(C)=C1COCC. The van der Waals surface area contributed by atoms with Crippen molar-refractivity contribution >= 4 is 0 Å². The monoisotopic (exact) mass is 180 g/mol. The average molecular weight is 180 g/mol. The van der Waals surface area contributed by atoms with Crippen molar-refractivity contribution in [1.29, 1.82) is 0 Å². The van der Waals surface area contributed by atoms with Crippen LogP contribution in [0.15, 0.2) is 23.3 Å².